The van der Waals surface area contributed by atoms with Crippen molar-refractivity contribution in [3.8, 4) is 5.75 Å². The lowest BCUT2D eigenvalue weighted by Gasteiger charge is -2.25. The lowest BCUT2D eigenvalue weighted by Crippen LogP contribution is -2.23. The molecule has 0 aliphatic carbocycles. The number of hydrogen-bond donors (Lipinski definition) is 1. The summed E-state index contributed by atoms with van der Waals surface area (Å²) in [7, 11) is -1.23. The summed E-state index contributed by atoms with van der Waals surface area (Å²) in [5, 5.41) is 9.65. The minimum atomic E-state index is -1.23. The molecule has 1 heterocycles. The number of ether oxygens (including phenoxy) is 2. The average Bonchev–Trinajstić information content (AvgIpc) is 2.96. The fourth-order valence-electron chi connectivity index (χ4n) is 3.53. The van der Waals surface area contributed by atoms with Crippen molar-refractivity contribution in [2.75, 3.05) is 13.2 Å². The van der Waals surface area contributed by atoms with Crippen LogP contribution in [0.4, 0.5) is 0 Å². The van der Waals surface area contributed by atoms with Crippen LogP contribution in [0.15, 0.2) is 0 Å². The molecule has 0 amide bonds. The van der Waals surface area contributed by atoms with Crippen LogP contribution < -0.4 is 4.74 Å². The molecule has 0 bridgehead atoms. The maximum atomic E-state index is 12.5. The van der Waals surface area contributed by atoms with Gasteiger partial charge in [-0.05, 0) is 54.3 Å². The first-order valence-corrected chi connectivity index (χ1v) is 13.8. The molecular weight excluding hydrogens is 356 g/mol. The Morgan fingerprint density at radius 2 is 1.89 bits per heavy atom. The maximum absolute atomic E-state index is 12.5. The molecular formula is C22H36O4Si. The number of aliphatic hydroxyl groups excluding tert-OH is 1. The highest BCUT2D eigenvalue weighted by Gasteiger charge is 2.33. The summed E-state index contributed by atoms with van der Waals surface area (Å²) in [5.41, 5.74) is 5.02. The SMILES string of the molecule is CCc1c(C)c2c(c(OCC[Si](C)(C)C)c1CCC(C)(C)CO)C(=O)OC2. The topological polar surface area (TPSA) is 55.8 Å². The van der Waals surface area contributed by atoms with Crippen molar-refractivity contribution >= 4 is 14.0 Å². The normalized spacial score (nSPS) is 14.3. The monoisotopic (exact) mass is 392 g/mol. The number of hydrogen-bond acceptors (Lipinski definition) is 4. The quantitative estimate of drug-likeness (QED) is 0.480. The molecule has 0 fully saturated rings. The summed E-state index contributed by atoms with van der Waals surface area (Å²) in [6.45, 7) is 16.5. The Morgan fingerprint density at radius 1 is 1.22 bits per heavy atom. The van der Waals surface area contributed by atoms with Gasteiger partial charge in [0, 0.05) is 20.2 Å². The van der Waals surface area contributed by atoms with E-state index in [1.54, 1.807) is 0 Å². The van der Waals surface area contributed by atoms with Crippen LogP contribution in [0.1, 0.15) is 59.8 Å². The summed E-state index contributed by atoms with van der Waals surface area (Å²) >= 11 is 0. The Morgan fingerprint density at radius 3 is 2.44 bits per heavy atom. The molecule has 0 atom stereocenters. The summed E-state index contributed by atoms with van der Waals surface area (Å²) < 4.78 is 11.7. The number of fused-ring (bicyclic) bond motifs is 1. The number of esters is 1. The van der Waals surface area contributed by atoms with Gasteiger partial charge in [0.25, 0.3) is 0 Å². The highest BCUT2D eigenvalue weighted by Crippen LogP contribution is 2.40. The third kappa shape index (κ3) is 5.14. The summed E-state index contributed by atoms with van der Waals surface area (Å²) in [4.78, 5) is 12.5. The van der Waals surface area contributed by atoms with Gasteiger partial charge in [0.2, 0.25) is 0 Å². The Balaban J connectivity index is 2.48. The predicted molar refractivity (Wildman–Crippen MR) is 113 cm³/mol. The van der Waals surface area contributed by atoms with E-state index in [0.29, 0.717) is 18.8 Å². The lowest BCUT2D eigenvalue weighted by atomic mass is 9.83. The Labute approximate surface area is 165 Å². The van der Waals surface area contributed by atoms with Crippen molar-refractivity contribution in [3.63, 3.8) is 0 Å². The first-order valence-electron chi connectivity index (χ1n) is 10.1. The Kier molecular flexibility index (Phi) is 6.80. The van der Waals surface area contributed by atoms with Crippen LogP contribution in [0.25, 0.3) is 0 Å². The van der Waals surface area contributed by atoms with E-state index < -0.39 is 8.07 Å². The maximum Gasteiger partial charge on any atom is 0.342 e. The van der Waals surface area contributed by atoms with Crippen molar-refractivity contribution in [2.45, 2.75) is 79.2 Å². The zero-order valence-electron chi connectivity index (χ0n) is 18.1. The molecule has 0 radical (unpaired) electrons. The van der Waals surface area contributed by atoms with E-state index in [0.717, 1.165) is 47.7 Å². The van der Waals surface area contributed by atoms with E-state index in [4.69, 9.17) is 9.47 Å². The van der Waals surface area contributed by atoms with E-state index in [9.17, 15) is 9.90 Å². The van der Waals surface area contributed by atoms with Crippen molar-refractivity contribution < 1.29 is 19.4 Å². The summed E-state index contributed by atoms with van der Waals surface area (Å²) in [6, 6.07) is 1.05. The zero-order valence-corrected chi connectivity index (χ0v) is 19.1. The van der Waals surface area contributed by atoms with Gasteiger partial charge in [-0.3, -0.25) is 0 Å². The van der Waals surface area contributed by atoms with Crippen LogP contribution in [0.2, 0.25) is 25.7 Å². The third-order valence-electron chi connectivity index (χ3n) is 5.56. The summed E-state index contributed by atoms with van der Waals surface area (Å²) in [6.07, 6.45) is 2.53. The van der Waals surface area contributed by atoms with E-state index in [1.165, 1.54) is 5.56 Å². The van der Waals surface area contributed by atoms with Crippen molar-refractivity contribution in [1.82, 2.24) is 0 Å². The van der Waals surface area contributed by atoms with Crippen molar-refractivity contribution in [1.29, 1.82) is 0 Å². The molecule has 1 N–H and O–H groups in total. The van der Waals surface area contributed by atoms with E-state index in [1.807, 2.05) is 0 Å². The summed E-state index contributed by atoms with van der Waals surface area (Å²) in [5.74, 6) is 0.475. The van der Waals surface area contributed by atoms with Crippen molar-refractivity contribution in [3.05, 3.63) is 27.8 Å². The van der Waals surface area contributed by atoms with Gasteiger partial charge >= 0.3 is 5.97 Å². The molecule has 2 rings (SSSR count). The average molecular weight is 393 g/mol. The Hall–Kier alpha value is -1.33. The molecule has 0 unspecified atom stereocenters. The number of carbonyl (C=O) groups is 1. The molecule has 0 spiro atoms. The van der Waals surface area contributed by atoms with Gasteiger partial charge in [-0.15, -0.1) is 0 Å². The fourth-order valence-corrected chi connectivity index (χ4v) is 4.25. The molecule has 27 heavy (non-hydrogen) atoms. The fraction of sp³-hybridized carbons (Fsp3) is 0.682. The first-order chi connectivity index (χ1) is 12.5. The van der Waals surface area contributed by atoms with Gasteiger partial charge in [0.05, 0.1) is 6.61 Å². The van der Waals surface area contributed by atoms with Crippen LogP contribution in [-0.2, 0) is 24.2 Å². The molecule has 0 saturated heterocycles. The van der Waals surface area contributed by atoms with E-state index in [-0.39, 0.29) is 18.0 Å². The van der Waals surface area contributed by atoms with Crippen LogP contribution in [0.5, 0.6) is 5.75 Å². The number of aliphatic hydroxyl groups is 1. The predicted octanol–water partition coefficient (Wildman–Crippen LogP) is 4.90. The lowest BCUT2D eigenvalue weighted by molar-refractivity contribution is 0.0532. The minimum Gasteiger partial charge on any atom is -0.493 e. The minimum absolute atomic E-state index is 0.145. The Bertz CT molecular complexity index is 701. The molecule has 5 heteroatoms. The van der Waals surface area contributed by atoms with Gasteiger partial charge in [0.15, 0.2) is 0 Å². The van der Waals surface area contributed by atoms with E-state index >= 15 is 0 Å². The number of rotatable bonds is 9. The van der Waals surface area contributed by atoms with Crippen molar-refractivity contribution in [2.24, 2.45) is 5.41 Å². The standard InChI is InChI=1S/C22H36O4Si/c1-8-16-15(2)18-13-26-21(24)19(18)20(25-11-12-27(5,6)7)17(16)9-10-22(3,4)14-23/h23H,8-14H2,1-7H3. The van der Waals surface area contributed by atoms with Crippen LogP contribution in [0, 0.1) is 12.3 Å². The molecule has 152 valence electrons. The van der Waals surface area contributed by atoms with Crippen LogP contribution in [0.3, 0.4) is 0 Å². The molecule has 0 saturated carbocycles. The zero-order chi connectivity index (χ0) is 20.4. The number of carbonyl (C=O) groups excluding carboxylic acids is 1. The molecule has 1 aromatic carbocycles. The van der Waals surface area contributed by atoms with Gasteiger partial charge in [-0.1, -0.05) is 40.4 Å². The number of cyclic esters (lactones) is 1. The molecule has 1 aromatic rings. The molecule has 1 aliphatic heterocycles. The molecule has 4 nitrogen and oxygen atoms in total. The van der Waals surface area contributed by atoms with Gasteiger partial charge < -0.3 is 14.6 Å². The van der Waals surface area contributed by atoms with Gasteiger partial charge in [0.1, 0.15) is 17.9 Å². The van der Waals surface area contributed by atoms with Gasteiger partial charge in [-0.2, -0.15) is 0 Å². The highest BCUT2D eigenvalue weighted by atomic mass is 28.3. The number of benzene rings is 1. The molecule has 1 aliphatic rings. The third-order valence-corrected chi connectivity index (χ3v) is 7.26. The van der Waals surface area contributed by atoms with Gasteiger partial charge in [-0.25, -0.2) is 4.79 Å². The van der Waals surface area contributed by atoms with E-state index in [2.05, 4.69) is 47.3 Å². The van der Waals surface area contributed by atoms with Crippen LogP contribution >= 0.6 is 0 Å². The second-order valence-electron chi connectivity index (χ2n) is 9.68. The first kappa shape index (κ1) is 22.0. The second kappa shape index (κ2) is 8.35. The largest absolute Gasteiger partial charge is 0.493 e. The second-order valence-corrected chi connectivity index (χ2v) is 15.3. The van der Waals surface area contributed by atoms with Crippen LogP contribution in [-0.4, -0.2) is 32.4 Å². The molecule has 0 aromatic heterocycles. The highest BCUT2D eigenvalue weighted by molar-refractivity contribution is 6.76. The smallest absolute Gasteiger partial charge is 0.342 e.